The molecule has 2 fully saturated rings. The van der Waals surface area contributed by atoms with E-state index >= 15 is 0 Å². The number of aryl methyl sites for hydroxylation is 1. The van der Waals surface area contributed by atoms with Crippen molar-refractivity contribution in [2.75, 3.05) is 25.5 Å². The lowest BCUT2D eigenvalue weighted by molar-refractivity contribution is 0.0352. The molecule has 128 valence electrons. The van der Waals surface area contributed by atoms with Crippen molar-refractivity contribution in [3.63, 3.8) is 0 Å². The van der Waals surface area contributed by atoms with Crippen LogP contribution in [0.25, 0.3) is 11.0 Å². The van der Waals surface area contributed by atoms with Gasteiger partial charge in [-0.3, -0.25) is 4.90 Å². The first kappa shape index (κ1) is 16.2. The second-order valence-corrected chi connectivity index (χ2v) is 7.93. The predicted octanol–water partition coefficient (Wildman–Crippen LogP) is 3.06. The summed E-state index contributed by atoms with van der Waals surface area (Å²) < 4.78 is 11.1. The van der Waals surface area contributed by atoms with Crippen LogP contribution >= 0.6 is 11.8 Å². The Morgan fingerprint density at radius 3 is 3.12 bits per heavy atom. The van der Waals surface area contributed by atoms with Crippen LogP contribution in [-0.4, -0.2) is 41.7 Å². The third-order valence-corrected chi connectivity index (χ3v) is 6.42. The first-order valence-electron chi connectivity index (χ1n) is 8.73. The van der Waals surface area contributed by atoms with Gasteiger partial charge in [0.2, 0.25) is 0 Å². The molecular formula is C19H23NO3S. The van der Waals surface area contributed by atoms with Crippen molar-refractivity contribution in [3.05, 3.63) is 45.8 Å². The van der Waals surface area contributed by atoms with Crippen molar-refractivity contribution in [1.82, 2.24) is 4.90 Å². The molecule has 2 atom stereocenters. The first-order chi connectivity index (χ1) is 11.7. The van der Waals surface area contributed by atoms with E-state index < -0.39 is 0 Å². The standard InChI is InChI=1S/C19H23NO3S/c1-2-13-3-4-15-14(10-19(21)23-17(15)9-13)11-20-6-8-24-18-12-22-7-5-16(18)20/h3-4,9-10,16,18H,2,5-8,11-12H2,1H3/t16-,18-/m1/s1. The number of hydrogen-bond donors (Lipinski definition) is 0. The van der Waals surface area contributed by atoms with Crippen LogP contribution in [0.15, 0.2) is 33.5 Å². The molecule has 5 heteroatoms. The highest BCUT2D eigenvalue weighted by Gasteiger charge is 2.34. The average Bonchev–Trinajstić information content (AvgIpc) is 2.61. The zero-order valence-corrected chi connectivity index (χ0v) is 14.8. The molecule has 0 bridgehead atoms. The third-order valence-electron chi connectivity index (χ3n) is 5.12. The predicted molar refractivity (Wildman–Crippen MR) is 97.7 cm³/mol. The van der Waals surface area contributed by atoms with E-state index in [9.17, 15) is 4.79 Å². The first-order valence-corrected chi connectivity index (χ1v) is 9.78. The maximum absolute atomic E-state index is 12.0. The van der Waals surface area contributed by atoms with Gasteiger partial charge in [-0.1, -0.05) is 19.1 Å². The number of thioether (sulfide) groups is 1. The van der Waals surface area contributed by atoms with Gasteiger partial charge in [0.1, 0.15) is 5.58 Å². The van der Waals surface area contributed by atoms with Crippen LogP contribution in [0.2, 0.25) is 0 Å². The number of rotatable bonds is 3. The summed E-state index contributed by atoms with van der Waals surface area (Å²) in [5, 5.41) is 1.62. The lowest BCUT2D eigenvalue weighted by Gasteiger charge is -2.43. The van der Waals surface area contributed by atoms with E-state index in [0.29, 0.717) is 16.9 Å². The molecule has 24 heavy (non-hydrogen) atoms. The van der Waals surface area contributed by atoms with E-state index in [1.807, 2.05) is 17.8 Å². The summed E-state index contributed by atoms with van der Waals surface area (Å²) in [6, 6.07) is 8.46. The van der Waals surface area contributed by atoms with Crippen molar-refractivity contribution < 1.29 is 9.15 Å². The van der Waals surface area contributed by atoms with Gasteiger partial charge in [0, 0.05) is 48.2 Å². The third kappa shape index (κ3) is 3.13. The molecule has 4 rings (SSSR count). The number of hydrogen-bond acceptors (Lipinski definition) is 5. The van der Waals surface area contributed by atoms with Gasteiger partial charge in [-0.2, -0.15) is 11.8 Å². The monoisotopic (exact) mass is 345 g/mol. The lowest BCUT2D eigenvalue weighted by atomic mass is 10.0. The summed E-state index contributed by atoms with van der Waals surface area (Å²) in [6.45, 7) is 5.69. The molecule has 2 aliphatic rings. The molecule has 3 heterocycles. The smallest absolute Gasteiger partial charge is 0.336 e. The molecule has 1 aromatic heterocycles. The molecule has 1 aromatic carbocycles. The fraction of sp³-hybridized carbons (Fsp3) is 0.526. The SMILES string of the molecule is CCc1ccc2c(CN3CCS[C@@H]4COCC[C@H]43)cc(=O)oc2c1. The molecular weight excluding hydrogens is 322 g/mol. The summed E-state index contributed by atoms with van der Waals surface area (Å²) in [4.78, 5) is 14.6. The van der Waals surface area contributed by atoms with Crippen LogP contribution in [0.1, 0.15) is 24.5 Å². The quantitative estimate of drug-likeness (QED) is 0.800. The van der Waals surface area contributed by atoms with Gasteiger partial charge < -0.3 is 9.15 Å². The number of ether oxygens (including phenoxy) is 1. The van der Waals surface area contributed by atoms with Crippen LogP contribution in [0, 0.1) is 0 Å². The van der Waals surface area contributed by atoms with E-state index in [0.717, 1.165) is 55.8 Å². The molecule has 2 saturated heterocycles. The summed E-state index contributed by atoms with van der Waals surface area (Å²) in [5.41, 5.74) is 2.75. The van der Waals surface area contributed by atoms with Gasteiger partial charge in [0.05, 0.1) is 6.61 Å². The van der Waals surface area contributed by atoms with E-state index in [2.05, 4.69) is 24.0 Å². The van der Waals surface area contributed by atoms with Crippen LogP contribution in [0.5, 0.6) is 0 Å². The molecule has 2 aromatic rings. The van der Waals surface area contributed by atoms with Crippen molar-refractivity contribution in [2.45, 2.75) is 37.6 Å². The fourth-order valence-electron chi connectivity index (χ4n) is 3.80. The summed E-state index contributed by atoms with van der Waals surface area (Å²) >= 11 is 2.03. The average molecular weight is 345 g/mol. The van der Waals surface area contributed by atoms with Crippen molar-refractivity contribution in [1.29, 1.82) is 0 Å². The van der Waals surface area contributed by atoms with Gasteiger partial charge in [-0.25, -0.2) is 4.79 Å². The molecule has 0 spiro atoms. The van der Waals surface area contributed by atoms with Crippen molar-refractivity contribution in [2.24, 2.45) is 0 Å². The fourth-order valence-corrected chi connectivity index (χ4v) is 5.17. The molecule has 0 saturated carbocycles. The minimum atomic E-state index is -0.249. The number of nitrogens with zero attached hydrogens (tertiary/aromatic N) is 1. The minimum Gasteiger partial charge on any atom is -0.423 e. The normalized spacial score (nSPS) is 24.9. The molecule has 2 aliphatic heterocycles. The largest absolute Gasteiger partial charge is 0.423 e. The number of benzene rings is 1. The molecule has 0 amide bonds. The van der Waals surface area contributed by atoms with Crippen LogP contribution < -0.4 is 5.63 Å². The molecule has 0 unspecified atom stereocenters. The van der Waals surface area contributed by atoms with Crippen molar-refractivity contribution in [3.8, 4) is 0 Å². The maximum atomic E-state index is 12.0. The van der Waals surface area contributed by atoms with E-state index in [1.54, 1.807) is 6.07 Å². The lowest BCUT2D eigenvalue weighted by Crippen LogP contribution is -2.51. The Morgan fingerprint density at radius 1 is 1.33 bits per heavy atom. The maximum Gasteiger partial charge on any atom is 0.336 e. The Hall–Kier alpha value is -1.30. The molecule has 0 aliphatic carbocycles. The Kier molecular flexibility index (Phi) is 4.66. The molecule has 0 radical (unpaired) electrons. The summed E-state index contributed by atoms with van der Waals surface area (Å²) in [6.07, 6.45) is 2.02. The number of fused-ring (bicyclic) bond motifs is 2. The van der Waals surface area contributed by atoms with Gasteiger partial charge in [0.25, 0.3) is 0 Å². The van der Waals surface area contributed by atoms with E-state index in [-0.39, 0.29) is 5.63 Å². The Bertz CT molecular complexity index is 786. The van der Waals surface area contributed by atoms with Crippen molar-refractivity contribution >= 4 is 22.7 Å². The highest BCUT2D eigenvalue weighted by Crippen LogP contribution is 2.32. The zero-order chi connectivity index (χ0) is 16.5. The topological polar surface area (TPSA) is 42.7 Å². The van der Waals surface area contributed by atoms with Gasteiger partial charge in [-0.05, 0) is 30.0 Å². The van der Waals surface area contributed by atoms with Gasteiger partial charge in [0.15, 0.2) is 0 Å². The van der Waals surface area contributed by atoms with Crippen LogP contribution in [-0.2, 0) is 17.7 Å². The Morgan fingerprint density at radius 2 is 2.25 bits per heavy atom. The molecule has 0 N–H and O–H groups in total. The highest BCUT2D eigenvalue weighted by molar-refractivity contribution is 8.00. The van der Waals surface area contributed by atoms with E-state index in [4.69, 9.17) is 9.15 Å². The minimum absolute atomic E-state index is 0.249. The Labute approximate surface area is 146 Å². The van der Waals surface area contributed by atoms with Crippen LogP contribution in [0.3, 0.4) is 0 Å². The summed E-state index contributed by atoms with van der Waals surface area (Å²) in [5.74, 6) is 1.13. The second kappa shape index (κ2) is 6.90. The summed E-state index contributed by atoms with van der Waals surface area (Å²) in [7, 11) is 0. The molecule has 4 nitrogen and oxygen atoms in total. The van der Waals surface area contributed by atoms with Gasteiger partial charge in [-0.15, -0.1) is 0 Å². The second-order valence-electron chi connectivity index (χ2n) is 6.59. The van der Waals surface area contributed by atoms with Gasteiger partial charge >= 0.3 is 5.63 Å². The highest BCUT2D eigenvalue weighted by atomic mass is 32.2. The zero-order valence-electron chi connectivity index (χ0n) is 14.0. The Balaban J connectivity index is 1.67. The van der Waals surface area contributed by atoms with Crippen LogP contribution in [0.4, 0.5) is 0 Å². The van der Waals surface area contributed by atoms with E-state index in [1.165, 1.54) is 5.56 Å².